The number of hydrogen-bond acceptors (Lipinski definition) is 5. The first-order valence-corrected chi connectivity index (χ1v) is 10.1. The Hall–Kier alpha value is 0.590. The second kappa shape index (κ2) is 15.4. The number of benzene rings is 1. The van der Waals surface area contributed by atoms with Crippen molar-refractivity contribution in [2.24, 2.45) is 0 Å². The number of carbonyl (C=O) groups excluding carboxylic acids is 1. The van der Waals surface area contributed by atoms with Gasteiger partial charge in [0.05, 0.1) is 26.0 Å². The first-order valence-electron chi connectivity index (χ1n) is 8.66. The smallest absolute Gasteiger partial charge is 0.790 e. The Bertz CT molecular complexity index is 658. The normalized spacial score (nSPS) is 12.5. The molecule has 29 heavy (non-hydrogen) atoms. The molecule has 1 rings (SSSR count). The topological polar surface area (TPSA) is 102 Å². The SMILES string of the molecule is CCCCCCCC(=O)NC(COP(=O)([O-])[O-])c1cccc(C(F)(F)F)c1.[Na+].[Na+]. The molecule has 1 N–H and O–H groups in total. The summed E-state index contributed by atoms with van der Waals surface area (Å²) >= 11 is 0. The van der Waals surface area contributed by atoms with Crippen LogP contribution in [0.3, 0.4) is 0 Å². The average Bonchev–Trinajstić information content (AvgIpc) is 2.57. The second-order valence-electron chi connectivity index (χ2n) is 6.15. The molecule has 6 nitrogen and oxygen atoms in total. The summed E-state index contributed by atoms with van der Waals surface area (Å²) in [5.74, 6) is -0.454. The number of nitrogens with one attached hydrogen (secondary N) is 1. The number of halogens is 3. The average molecular weight is 455 g/mol. The quantitative estimate of drug-likeness (QED) is 0.219. The first-order chi connectivity index (χ1) is 12.5. The molecule has 0 saturated heterocycles. The standard InChI is InChI=1S/C17H25F3NO5P.2Na/c1-2-3-4-5-6-10-16(22)21-15(12-26-27(23,24)25)13-8-7-9-14(11-13)17(18,19)20;;/h7-9,11,15H,2-6,10,12H2,1H3,(H,21,22)(H2,23,24,25);;/q;2*+1/p-2. The van der Waals surface area contributed by atoms with Gasteiger partial charge in [0.2, 0.25) is 5.91 Å². The number of phosphoric ester groups is 1. The third kappa shape index (κ3) is 14.3. The molecule has 0 aliphatic carbocycles. The molecular formula is C17H23F3NNa2O5P. The van der Waals surface area contributed by atoms with Gasteiger partial charge < -0.3 is 24.2 Å². The molecule has 0 bridgehead atoms. The van der Waals surface area contributed by atoms with E-state index in [2.05, 4.69) is 16.8 Å². The van der Waals surface area contributed by atoms with E-state index in [1.807, 2.05) is 0 Å². The summed E-state index contributed by atoms with van der Waals surface area (Å²) in [5, 5.41) is 2.45. The number of unbranched alkanes of at least 4 members (excludes halogenated alkanes) is 4. The minimum absolute atomic E-state index is 0. The van der Waals surface area contributed by atoms with Gasteiger partial charge in [-0.2, -0.15) is 13.2 Å². The zero-order valence-electron chi connectivity index (χ0n) is 17.0. The number of rotatable bonds is 11. The predicted octanol–water partition coefficient (Wildman–Crippen LogP) is -2.92. The maximum Gasteiger partial charge on any atom is 1.00 e. The Kier molecular flexibility index (Phi) is 16.9. The van der Waals surface area contributed by atoms with Gasteiger partial charge in [-0.25, -0.2) is 0 Å². The molecule has 0 aliphatic heterocycles. The molecule has 1 aromatic rings. The van der Waals surface area contributed by atoms with Gasteiger partial charge in [0.1, 0.15) is 0 Å². The zero-order chi connectivity index (χ0) is 20.5. The van der Waals surface area contributed by atoms with Crippen LogP contribution in [-0.2, 0) is 20.1 Å². The van der Waals surface area contributed by atoms with Gasteiger partial charge in [-0.05, 0) is 24.1 Å². The Morgan fingerprint density at radius 1 is 1.17 bits per heavy atom. The van der Waals surface area contributed by atoms with Crippen LogP contribution in [0.15, 0.2) is 24.3 Å². The Balaban J connectivity index is 0. The van der Waals surface area contributed by atoms with Crippen LogP contribution in [0.1, 0.15) is 62.6 Å². The van der Waals surface area contributed by atoms with Gasteiger partial charge in [-0.3, -0.25) is 4.79 Å². The molecule has 0 aliphatic rings. The number of alkyl halides is 3. The van der Waals surface area contributed by atoms with E-state index < -0.39 is 38.1 Å². The van der Waals surface area contributed by atoms with Gasteiger partial charge in [-0.15, -0.1) is 0 Å². The molecule has 0 saturated carbocycles. The molecule has 0 heterocycles. The van der Waals surface area contributed by atoms with Crippen molar-refractivity contribution >= 4 is 13.7 Å². The summed E-state index contributed by atoms with van der Waals surface area (Å²) in [6, 6.07) is 2.88. The van der Waals surface area contributed by atoms with Gasteiger partial charge in [0, 0.05) is 6.42 Å². The molecule has 0 spiro atoms. The van der Waals surface area contributed by atoms with Crippen LogP contribution in [-0.4, -0.2) is 12.5 Å². The molecule has 1 amide bonds. The monoisotopic (exact) mass is 455 g/mol. The minimum Gasteiger partial charge on any atom is -0.790 e. The molecular weight excluding hydrogens is 432 g/mol. The second-order valence-corrected chi connectivity index (χ2v) is 7.30. The van der Waals surface area contributed by atoms with Crippen molar-refractivity contribution in [2.75, 3.05) is 6.61 Å². The summed E-state index contributed by atoms with van der Waals surface area (Å²) in [5.41, 5.74) is -0.955. The van der Waals surface area contributed by atoms with E-state index in [1.165, 1.54) is 6.07 Å². The van der Waals surface area contributed by atoms with Crippen LogP contribution in [0.4, 0.5) is 13.2 Å². The Morgan fingerprint density at radius 2 is 1.79 bits per heavy atom. The third-order valence-electron chi connectivity index (χ3n) is 3.86. The summed E-state index contributed by atoms with van der Waals surface area (Å²) in [4.78, 5) is 33.5. The number of hydrogen-bond donors (Lipinski definition) is 1. The van der Waals surface area contributed by atoms with Crippen LogP contribution >= 0.6 is 7.82 Å². The maximum absolute atomic E-state index is 12.9. The van der Waals surface area contributed by atoms with E-state index in [4.69, 9.17) is 0 Å². The predicted molar refractivity (Wildman–Crippen MR) is 89.3 cm³/mol. The summed E-state index contributed by atoms with van der Waals surface area (Å²) in [6.45, 7) is 1.28. The zero-order valence-corrected chi connectivity index (χ0v) is 21.9. The molecule has 0 radical (unpaired) electrons. The van der Waals surface area contributed by atoms with Crippen LogP contribution in [0.5, 0.6) is 0 Å². The number of amides is 1. The van der Waals surface area contributed by atoms with E-state index in [1.54, 1.807) is 0 Å². The minimum atomic E-state index is -5.34. The van der Waals surface area contributed by atoms with Gasteiger partial charge in [0.15, 0.2) is 0 Å². The fourth-order valence-electron chi connectivity index (χ4n) is 2.47. The number of carbonyl (C=O) groups is 1. The fraction of sp³-hybridized carbons (Fsp3) is 0.588. The van der Waals surface area contributed by atoms with Crippen molar-refractivity contribution in [3.8, 4) is 0 Å². The van der Waals surface area contributed by atoms with Gasteiger partial charge >= 0.3 is 65.3 Å². The summed E-state index contributed by atoms with van der Waals surface area (Å²) in [6.07, 6.45) is 0.0459. The number of phosphoric acid groups is 1. The summed E-state index contributed by atoms with van der Waals surface area (Å²) < 4.78 is 53.5. The van der Waals surface area contributed by atoms with E-state index in [0.717, 1.165) is 43.9 Å². The molecule has 12 heteroatoms. The van der Waals surface area contributed by atoms with Crippen molar-refractivity contribution < 1.29 is 96.0 Å². The van der Waals surface area contributed by atoms with Crippen molar-refractivity contribution in [3.05, 3.63) is 35.4 Å². The molecule has 0 fully saturated rings. The van der Waals surface area contributed by atoms with Crippen LogP contribution in [0.2, 0.25) is 0 Å². The molecule has 1 aromatic carbocycles. The Labute approximate surface area is 213 Å². The summed E-state index contributed by atoms with van der Waals surface area (Å²) in [7, 11) is -5.34. The molecule has 1 unspecified atom stereocenters. The third-order valence-corrected chi connectivity index (χ3v) is 4.32. The van der Waals surface area contributed by atoms with E-state index in [9.17, 15) is 32.3 Å². The maximum atomic E-state index is 12.9. The van der Waals surface area contributed by atoms with Crippen molar-refractivity contribution in [1.29, 1.82) is 0 Å². The Morgan fingerprint density at radius 3 is 2.34 bits per heavy atom. The molecule has 1 atom stereocenters. The van der Waals surface area contributed by atoms with Crippen LogP contribution in [0, 0.1) is 0 Å². The molecule has 154 valence electrons. The van der Waals surface area contributed by atoms with Gasteiger partial charge in [-0.1, -0.05) is 44.7 Å². The largest absolute Gasteiger partial charge is 1.00 e. The van der Waals surface area contributed by atoms with Crippen molar-refractivity contribution in [1.82, 2.24) is 5.32 Å². The van der Waals surface area contributed by atoms with Crippen molar-refractivity contribution in [2.45, 2.75) is 57.7 Å². The molecule has 0 aromatic heterocycles. The van der Waals surface area contributed by atoms with E-state index >= 15 is 0 Å². The first kappa shape index (κ1) is 31.8. The van der Waals surface area contributed by atoms with Crippen LogP contribution < -0.4 is 74.2 Å². The van der Waals surface area contributed by atoms with E-state index in [-0.39, 0.29) is 71.1 Å². The van der Waals surface area contributed by atoms with Crippen LogP contribution in [0.25, 0.3) is 0 Å². The van der Waals surface area contributed by atoms with E-state index in [0.29, 0.717) is 6.42 Å². The van der Waals surface area contributed by atoms with Gasteiger partial charge in [0.25, 0.3) is 0 Å². The fourth-order valence-corrected chi connectivity index (χ4v) is 2.81. The van der Waals surface area contributed by atoms with Crippen molar-refractivity contribution in [3.63, 3.8) is 0 Å².